The molecule has 2 aliphatic rings. The summed E-state index contributed by atoms with van der Waals surface area (Å²) in [6, 6.07) is 8.70. The molecule has 1 aliphatic heterocycles. The maximum atomic E-state index is 10.8. The normalized spacial score (nSPS) is 24.9. The number of nitrogens with two attached hydrogens (primary N) is 1. The molecular formula is C23H30N4O3. The number of fused-ring (bicyclic) bond motifs is 1. The first kappa shape index (κ1) is 20.4. The highest BCUT2D eigenvalue weighted by Crippen LogP contribution is 2.44. The number of carboxylic acids is 1. The largest absolute Gasteiger partial charge is 0.481 e. The lowest BCUT2D eigenvalue weighted by molar-refractivity contribution is -0.137. The van der Waals surface area contributed by atoms with Gasteiger partial charge in [-0.25, -0.2) is 4.98 Å². The van der Waals surface area contributed by atoms with Crippen LogP contribution in [0.4, 0.5) is 11.5 Å². The first-order chi connectivity index (χ1) is 14.3. The van der Waals surface area contributed by atoms with Gasteiger partial charge in [0.2, 0.25) is 5.88 Å². The molecular weight excluding hydrogens is 380 g/mol. The van der Waals surface area contributed by atoms with Gasteiger partial charge >= 0.3 is 5.97 Å². The van der Waals surface area contributed by atoms with Gasteiger partial charge in [0.15, 0.2) is 5.82 Å². The molecule has 1 aliphatic carbocycles. The molecule has 7 heteroatoms. The predicted molar refractivity (Wildman–Crippen MR) is 116 cm³/mol. The quantitative estimate of drug-likeness (QED) is 0.664. The summed E-state index contributed by atoms with van der Waals surface area (Å²) >= 11 is 0. The summed E-state index contributed by atoms with van der Waals surface area (Å²) in [6.07, 6.45) is 6.98. The van der Waals surface area contributed by atoms with Crippen LogP contribution in [0.5, 0.6) is 5.88 Å². The fraction of sp³-hybridized carbons (Fsp3) is 0.522. The number of anilines is 2. The summed E-state index contributed by atoms with van der Waals surface area (Å²) < 4.78 is 6.13. The molecule has 4 N–H and O–H groups in total. The van der Waals surface area contributed by atoms with Gasteiger partial charge in [0, 0.05) is 6.42 Å². The van der Waals surface area contributed by atoms with Crippen molar-refractivity contribution in [3.05, 3.63) is 41.7 Å². The lowest BCUT2D eigenvalue weighted by atomic mass is 9.77. The molecule has 30 heavy (non-hydrogen) atoms. The van der Waals surface area contributed by atoms with Crippen molar-refractivity contribution in [1.29, 1.82) is 0 Å². The molecule has 0 spiro atoms. The Morgan fingerprint density at radius 3 is 2.50 bits per heavy atom. The van der Waals surface area contributed by atoms with E-state index in [4.69, 9.17) is 15.6 Å². The van der Waals surface area contributed by atoms with Gasteiger partial charge in [0.25, 0.3) is 0 Å². The lowest BCUT2D eigenvalue weighted by Crippen LogP contribution is -2.44. The molecule has 0 amide bonds. The molecule has 1 aromatic carbocycles. The summed E-state index contributed by atoms with van der Waals surface area (Å²) in [5, 5.41) is 12.4. The van der Waals surface area contributed by atoms with Gasteiger partial charge in [-0.15, -0.1) is 0 Å². The monoisotopic (exact) mass is 410 g/mol. The van der Waals surface area contributed by atoms with Crippen LogP contribution in [0.2, 0.25) is 0 Å². The molecule has 1 aromatic heterocycles. The molecule has 0 saturated heterocycles. The van der Waals surface area contributed by atoms with Crippen LogP contribution >= 0.6 is 0 Å². The van der Waals surface area contributed by atoms with Crippen molar-refractivity contribution >= 4 is 17.5 Å². The molecule has 7 nitrogen and oxygen atoms in total. The Kier molecular flexibility index (Phi) is 5.54. The average molecular weight is 411 g/mol. The molecule has 1 atom stereocenters. The van der Waals surface area contributed by atoms with Crippen molar-refractivity contribution in [2.75, 3.05) is 11.1 Å². The Morgan fingerprint density at radius 1 is 1.17 bits per heavy atom. The Labute approximate surface area is 177 Å². The third-order valence-corrected chi connectivity index (χ3v) is 6.54. The third kappa shape index (κ3) is 4.20. The number of rotatable bonds is 5. The van der Waals surface area contributed by atoms with Crippen LogP contribution in [0.1, 0.15) is 75.5 Å². The van der Waals surface area contributed by atoms with E-state index >= 15 is 0 Å². The molecule has 160 valence electrons. The average Bonchev–Trinajstić information content (AvgIpc) is 2.72. The fourth-order valence-electron chi connectivity index (χ4n) is 4.78. The number of hydrogen-bond donors (Lipinski definition) is 3. The predicted octanol–water partition coefficient (Wildman–Crippen LogP) is 4.52. The van der Waals surface area contributed by atoms with Crippen molar-refractivity contribution < 1.29 is 14.6 Å². The summed E-state index contributed by atoms with van der Waals surface area (Å²) in [7, 11) is 0. The van der Waals surface area contributed by atoms with E-state index in [0.717, 1.165) is 37.7 Å². The van der Waals surface area contributed by atoms with Gasteiger partial charge in [-0.3, -0.25) is 4.79 Å². The Bertz CT molecular complexity index is 905. The number of aliphatic carboxylic acids is 1. The van der Waals surface area contributed by atoms with Gasteiger partial charge in [0.05, 0.1) is 6.04 Å². The van der Waals surface area contributed by atoms with E-state index < -0.39 is 11.6 Å². The van der Waals surface area contributed by atoms with E-state index in [1.54, 1.807) is 0 Å². The Balaban J connectivity index is 1.44. The van der Waals surface area contributed by atoms with Crippen LogP contribution in [-0.2, 0) is 4.79 Å². The van der Waals surface area contributed by atoms with Gasteiger partial charge < -0.3 is 20.9 Å². The number of aromatic nitrogens is 2. The number of nitrogens with one attached hydrogen (secondary N) is 1. The van der Waals surface area contributed by atoms with E-state index in [-0.39, 0.29) is 12.5 Å². The number of nitrogens with zero attached hydrogens (tertiary/aromatic N) is 2. The fourth-order valence-corrected chi connectivity index (χ4v) is 4.78. The van der Waals surface area contributed by atoms with Crippen molar-refractivity contribution in [2.45, 2.75) is 69.9 Å². The highest BCUT2D eigenvalue weighted by atomic mass is 16.5. The van der Waals surface area contributed by atoms with Gasteiger partial charge in [-0.2, -0.15) is 4.98 Å². The van der Waals surface area contributed by atoms with Gasteiger partial charge in [-0.05, 0) is 68.9 Å². The van der Waals surface area contributed by atoms with Crippen LogP contribution in [0, 0.1) is 5.92 Å². The molecule has 1 saturated carbocycles. The minimum Gasteiger partial charge on any atom is -0.481 e. The van der Waals surface area contributed by atoms with Crippen LogP contribution in [0.3, 0.4) is 0 Å². The van der Waals surface area contributed by atoms with Crippen molar-refractivity contribution in [3.8, 4) is 5.88 Å². The second kappa shape index (κ2) is 8.13. The third-order valence-electron chi connectivity index (χ3n) is 6.54. The zero-order valence-corrected chi connectivity index (χ0v) is 17.6. The number of nitrogen functional groups attached to an aromatic ring is 1. The summed E-state index contributed by atoms with van der Waals surface area (Å²) in [4.78, 5) is 19.1. The van der Waals surface area contributed by atoms with Crippen LogP contribution in [-0.4, -0.2) is 26.6 Å². The number of carbonyl (C=O) groups is 1. The first-order valence-corrected chi connectivity index (χ1v) is 10.7. The SMILES string of the molecule is CC1(C)Oc2ncnc(N)c2NC1c1ccc(C2CCC(CCC(=O)O)CC2)cc1. The van der Waals surface area contributed by atoms with Crippen LogP contribution in [0.25, 0.3) is 0 Å². The van der Waals surface area contributed by atoms with Crippen molar-refractivity contribution in [2.24, 2.45) is 5.92 Å². The second-order valence-electron chi connectivity index (χ2n) is 9.04. The maximum Gasteiger partial charge on any atom is 0.303 e. The van der Waals surface area contributed by atoms with Crippen LogP contribution < -0.4 is 15.8 Å². The zero-order chi connectivity index (χ0) is 21.3. The number of hydrogen-bond acceptors (Lipinski definition) is 6. The highest BCUT2D eigenvalue weighted by Gasteiger charge is 2.39. The lowest BCUT2D eigenvalue weighted by Gasteiger charge is -2.40. The van der Waals surface area contributed by atoms with Crippen molar-refractivity contribution in [3.63, 3.8) is 0 Å². The topological polar surface area (TPSA) is 110 Å². The van der Waals surface area contributed by atoms with Crippen LogP contribution in [0.15, 0.2) is 30.6 Å². The first-order valence-electron chi connectivity index (χ1n) is 10.7. The van der Waals surface area contributed by atoms with E-state index in [2.05, 4.69) is 39.6 Å². The van der Waals surface area contributed by atoms with E-state index in [9.17, 15) is 4.79 Å². The number of carboxylic acid groups (broad SMARTS) is 1. The maximum absolute atomic E-state index is 10.8. The van der Waals surface area contributed by atoms with E-state index in [1.807, 2.05) is 13.8 Å². The smallest absolute Gasteiger partial charge is 0.303 e. The molecule has 1 fully saturated rings. The highest BCUT2D eigenvalue weighted by molar-refractivity contribution is 5.70. The minimum atomic E-state index is -0.688. The molecule has 0 radical (unpaired) electrons. The molecule has 2 heterocycles. The van der Waals surface area contributed by atoms with Crippen molar-refractivity contribution in [1.82, 2.24) is 9.97 Å². The molecule has 1 unspecified atom stereocenters. The zero-order valence-electron chi connectivity index (χ0n) is 17.6. The Hall–Kier alpha value is -2.83. The molecule has 2 aromatic rings. The van der Waals surface area contributed by atoms with Gasteiger partial charge in [-0.1, -0.05) is 24.3 Å². The summed E-state index contributed by atoms with van der Waals surface area (Å²) in [5.74, 6) is 1.28. The van der Waals surface area contributed by atoms with Gasteiger partial charge in [0.1, 0.15) is 17.6 Å². The standard InChI is InChI=1S/C23H30N4O3/c1-23(2)20(27-19-21(24)25-13-26-22(19)30-23)17-10-8-16(9-11-17)15-6-3-14(4-7-15)5-12-18(28)29/h8-11,13-15,20,27H,3-7,12H2,1-2H3,(H,28,29)(H2,24,25,26). The molecule has 4 rings (SSSR count). The minimum absolute atomic E-state index is 0.0703. The number of benzene rings is 1. The second-order valence-corrected chi connectivity index (χ2v) is 9.04. The van der Waals surface area contributed by atoms with E-state index in [0.29, 0.717) is 29.2 Å². The summed E-state index contributed by atoms with van der Waals surface area (Å²) in [5.41, 5.74) is 8.66. The number of ether oxygens (including phenoxy) is 1. The Morgan fingerprint density at radius 2 is 1.83 bits per heavy atom. The summed E-state index contributed by atoms with van der Waals surface area (Å²) in [6.45, 7) is 4.08. The van der Waals surface area contributed by atoms with E-state index in [1.165, 1.54) is 11.9 Å². The molecule has 0 bridgehead atoms.